The summed E-state index contributed by atoms with van der Waals surface area (Å²) in [6, 6.07) is 0.529. The van der Waals surface area contributed by atoms with Crippen LogP contribution >= 0.6 is 0 Å². The van der Waals surface area contributed by atoms with Gasteiger partial charge in [0.2, 0.25) is 5.91 Å². The molecule has 3 rings (SSSR count). The third-order valence-corrected chi connectivity index (χ3v) is 4.53. The summed E-state index contributed by atoms with van der Waals surface area (Å²) in [6.45, 7) is 7.45. The summed E-state index contributed by atoms with van der Waals surface area (Å²) >= 11 is 0. The number of nitrogens with zero attached hydrogens (tertiary/aromatic N) is 2. The molecule has 0 saturated carbocycles. The normalized spacial score (nSPS) is 26.5. The van der Waals surface area contributed by atoms with Crippen molar-refractivity contribution in [1.82, 2.24) is 20.4 Å². The Morgan fingerprint density at radius 1 is 1.45 bits per heavy atom. The number of aromatic amines is 1. The molecule has 3 N–H and O–H groups in total. The first-order chi connectivity index (χ1) is 9.65. The average molecular weight is 277 g/mol. The Hall–Kier alpha value is -1.40. The lowest BCUT2D eigenvalue weighted by molar-refractivity contribution is -0.118. The van der Waals surface area contributed by atoms with Crippen LogP contribution < -0.4 is 10.6 Å². The third kappa shape index (κ3) is 2.58. The molecule has 2 unspecified atom stereocenters. The molecule has 2 fully saturated rings. The Bertz CT molecular complexity index is 478. The van der Waals surface area contributed by atoms with Crippen molar-refractivity contribution in [3.05, 3.63) is 11.4 Å². The van der Waals surface area contributed by atoms with Crippen LogP contribution in [0.2, 0.25) is 0 Å². The monoisotopic (exact) mass is 277 g/mol. The second-order valence-corrected chi connectivity index (χ2v) is 5.96. The Morgan fingerprint density at radius 3 is 3.05 bits per heavy atom. The van der Waals surface area contributed by atoms with Gasteiger partial charge >= 0.3 is 0 Å². The van der Waals surface area contributed by atoms with E-state index in [1.54, 1.807) is 0 Å². The highest BCUT2D eigenvalue weighted by molar-refractivity contribution is 5.93. The zero-order chi connectivity index (χ0) is 14.1. The molecule has 2 saturated heterocycles. The molecule has 6 heteroatoms. The number of rotatable bonds is 3. The molecule has 20 heavy (non-hydrogen) atoms. The maximum absolute atomic E-state index is 12.3. The van der Waals surface area contributed by atoms with E-state index in [1.807, 2.05) is 13.8 Å². The number of likely N-dealkylation sites (tertiary alicyclic amines) is 1. The van der Waals surface area contributed by atoms with Gasteiger partial charge in [-0.3, -0.25) is 14.8 Å². The first-order valence-corrected chi connectivity index (χ1v) is 7.41. The van der Waals surface area contributed by atoms with Gasteiger partial charge in [-0.15, -0.1) is 0 Å². The number of amides is 1. The molecular formula is C14H23N5O. The molecular weight excluding hydrogens is 254 g/mol. The lowest BCUT2D eigenvalue weighted by Crippen LogP contribution is -2.48. The maximum Gasteiger partial charge on any atom is 0.238 e. The number of fused-ring (bicyclic) bond motifs is 1. The molecule has 0 bridgehead atoms. The van der Waals surface area contributed by atoms with Crippen LogP contribution in [0.3, 0.4) is 0 Å². The van der Waals surface area contributed by atoms with Crippen LogP contribution in [-0.2, 0) is 4.79 Å². The van der Waals surface area contributed by atoms with Crippen molar-refractivity contribution in [2.24, 2.45) is 5.92 Å². The number of hydrogen-bond acceptors (Lipinski definition) is 4. The summed E-state index contributed by atoms with van der Waals surface area (Å²) in [5.74, 6) is 0.777. The molecule has 1 aromatic rings. The Balaban J connectivity index is 1.61. The van der Waals surface area contributed by atoms with Gasteiger partial charge in [0.1, 0.15) is 0 Å². The molecule has 0 spiro atoms. The molecule has 110 valence electrons. The van der Waals surface area contributed by atoms with Gasteiger partial charge in [0, 0.05) is 12.6 Å². The summed E-state index contributed by atoms with van der Waals surface area (Å²) in [4.78, 5) is 14.6. The number of piperidine rings is 1. The van der Waals surface area contributed by atoms with E-state index < -0.39 is 0 Å². The molecule has 0 aromatic carbocycles. The summed E-state index contributed by atoms with van der Waals surface area (Å²) in [5.41, 5.74) is 2.58. The van der Waals surface area contributed by atoms with Crippen LogP contribution in [0.15, 0.2) is 0 Å². The highest BCUT2D eigenvalue weighted by Gasteiger charge is 2.35. The smallest absolute Gasteiger partial charge is 0.238 e. The average Bonchev–Trinajstić information content (AvgIpc) is 3.01. The van der Waals surface area contributed by atoms with Crippen molar-refractivity contribution >= 4 is 11.6 Å². The molecule has 2 aliphatic rings. The Kier molecular flexibility index (Phi) is 3.76. The quantitative estimate of drug-likeness (QED) is 0.758. The van der Waals surface area contributed by atoms with E-state index in [0.29, 0.717) is 18.5 Å². The van der Waals surface area contributed by atoms with Crippen molar-refractivity contribution in [2.45, 2.75) is 32.7 Å². The van der Waals surface area contributed by atoms with Gasteiger partial charge in [0.05, 0.1) is 23.6 Å². The molecule has 3 heterocycles. The van der Waals surface area contributed by atoms with Crippen LogP contribution in [0.5, 0.6) is 0 Å². The fraction of sp³-hybridized carbons (Fsp3) is 0.714. The standard InChI is InChI=1S/C14H23N5O/c1-9-14(10(2)18-17-9)16-13(20)8-19-5-3-4-11-6-15-7-12(11)19/h11-12,15H,3-8H2,1-2H3,(H,16,20)(H,17,18). The topological polar surface area (TPSA) is 73.0 Å². The summed E-state index contributed by atoms with van der Waals surface area (Å²) in [7, 11) is 0. The summed E-state index contributed by atoms with van der Waals surface area (Å²) < 4.78 is 0. The largest absolute Gasteiger partial charge is 0.322 e. The molecule has 1 aromatic heterocycles. The fourth-order valence-electron chi connectivity index (χ4n) is 3.46. The maximum atomic E-state index is 12.3. The SMILES string of the molecule is Cc1n[nH]c(C)c1NC(=O)CN1CCCC2CNCC21. The highest BCUT2D eigenvalue weighted by Crippen LogP contribution is 2.26. The van der Waals surface area contributed by atoms with E-state index in [-0.39, 0.29) is 5.91 Å². The van der Waals surface area contributed by atoms with Crippen molar-refractivity contribution in [1.29, 1.82) is 0 Å². The third-order valence-electron chi connectivity index (χ3n) is 4.53. The van der Waals surface area contributed by atoms with Gasteiger partial charge in [-0.2, -0.15) is 5.10 Å². The Labute approximate surface area is 119 Å². The van der Waals surface area contributed by atoms with Crippen LogP contribution in [0, 0.1) is 19.8 Å². The zero-order valence-electron chi connectivity index (χ0n) is 12.2. The van der Waals surface area contributed by atoms with Crippen molar-refractivity contribution in [3.8, 4) is 0 Å². The number of nitrogens with one attached hydrogen (secondary N) is 3. The minimum atomic E-state index is 0.0603. The number of anilines is 1. The van der Waals surface area contributed by atoms with E-state index in [0.717, 1.165) is 36.7 Å². The minimum Gasteiger partial charge on any atom is -0.322 e. The lowest BCUT2D eigenvalue weighted by Gasteiger charge is -2.36. The predicted octanol–water partition coefficient (Wildman–Crippen LogP) is 0.649. The van der Waals surface area contributed by atoms with E-state index in [4.69, 9.17) is 0 Å². The van der Waals surface area contributed by atoms with E-state index >= 15 is 0 Å². The molecule has 1 amide bonds. The number of aromatic nitrogens is 2. The Morgan fingerprint density at radius 2 is 2.30 bits per heavy atom. The summed E-state index contributed by atoms with van der Waals surface area (Å²) in [6.07, 6.45) is 2.48. The van der Waals surface area contributed by atoms with Crippen LogP contribution in [-0.4, -0.2) is 53.2 Å². The van der Waals surface area contributed by atoms with Gasteiger partial charge in [-0.1, -0.05) is 0 Å². The van der Waals surface area contributed by atoms with Gasteiger partial charge < -0.3 is 10.6 Å². The molecule has 2 atom stereocenters. The fourth-order valence-corrected chi connectivity index (χ4v) is 3.46. The number of carbonyl (C=O) groups is 1. The van der Waals surface area contributed by atoms with Gasteiger partial charge in [-0.05, 0) is 45.7 Å². The first-order valence-electron chi connectivity index (χ1n) is 7.41. The number of carbonyl (C=O) groups excluding carboxylic acids is 1. The number of H-pyrrole nitrogens is 1. The molecule has 0 radical (unpaired) electrons. The number of hydrogen-bond donors (Lipinski definition) is 3. The number of aryl methyl sites for hydroxylation is 2. The lowest BCUT2D eigenvalue weighted by atomic mass is 9.92. The van der Waals surface area contributed by atoms with Crippen molar-refractivity contribution in [2.75, 3.05) is 31.5 Å². The minimum absolute atomic E-state index is 0.0603. The second-order valence-electron chi connectivity index (χ2n) is 5.96. The van der Waals surface area contributed by atoms with Gasteiger partial charge in [0.25, 0.3) is 0 Å². The summed E-state index contributed by atoms with van der Waals surface area (Å²) in [5, 5.41) is 13.4. The van der Waals surface area contributed by atoms with E-state index in [1.165, 1.54) is 12.8 Å². The van der Waals surface area contributed by atoms with Crippen LogP contribution in [0.1, 0.15) is 24.2 Å². The van der Waals surface area contributed by atoms with Crippen LogP contribution in [0.25, 0.3) is 0 Å². The first kappa shape index (κ1) is 13.6. The highest BCUT2D eigenvalue weighted by atomic mass is 16.2. The zero-order valence-corrected chi connectivity index (χ0v) is 12.2. The van der Waals surface area contributed by atoms with Gasteiger partial charge in [0.15, 0.2) is 0 Å². The molecule has 2 aliphatic heterocycles. The van der Waals surface area contributed by atoms with E-state index in [2.05, 4.69) is 25.7 Å². The van der Waals surface area contributed by atoms with Gasteiger partial charge in [-0.25, -0.2) is 0 Å². The predicted molar refractivity (Wildman–Crippen MR) is 77.6 cm³/mol. The van der Waals surface area contributed by atoms with Crippen molar-refractivity contribution in [3.63, 3.8) is 0 Å². The van der Waals surface area contributed by atoms with Crippen LogP contribution in [0.4, 0.5) is 5.69 Å². The molecule has 6 nitrogen and oxygen atoms in total. The van der Waals surface area contributed by atoms with E-state index in [9.17, 15) is 4.79 Å². The molecule has 0 aliphatic carbocycles. The van der Waals surface area contributed by atoms with Crippen molar-refractivity contribution < 1.29 is 4.79 Å². The second kappa shape index (κ2) is 5.54.